The predicted octanol–water partition coefficient (Wildman–Crippen LogP) is 1.43. The van der Waals surface area contributed by atoms with Crippen molar-refractivity contribution in [1.29, 1.82) is 0 Å². The fraction of sp³-hybridized carbons (Fsp3) is 0.500. The number of likely N-dealkylation sites (tertiary alicyclic amines) is 1. The molecule has 0 saturated carbocycles. The van der Waals surface area contributed by atoms with Gasteiger partial charge in [0.2, 0.25) is 0 Å². The highest BCUT2D eigenvalue weighted by Gasteiger charge is 2.19. The molecule has 6 heteroatoms. The molecule has 1 aliphatic heterocycles. The minimum Gasteiger partial charge on any atom is -0.761 e. The molecule has 1 amide bonds. The highest BCUT2D eigenvalue weighted by atomic mass is 16.5. The average Bonchev–Trinajstić information content (AvgIpc) is 2.48. The molecule has 1 aromatic carbocycles. The molecule has 1 aromatic rings. The van der Waals surface area contributed by atoms with Crippen molar-refractivity contribution in [3.05, 3.63) is 29.0 Å². The summed E-state index contributed by atoms with van der Waals surface area (Å²) in [4.78, 5) is 14.4. The molecule has 1 saturated heterocycles. The summed E-state index contributed by atoms with van der Waals surface area (Å²) in [5.74, 6) is 0.242. The Morgan fingerprint density at radius 1 is 1.40 bits per heavy atom. The van der Waals surface area contributed by atoms with E-state index in [-0.39, 0.29) is 11.9 Å². The normalized spacial score (nSPS) is 16.8. The SMILES string of the molecule is COc1cc(C(=O)NC2CCN(C)CC2)ccc1N[O-]. The van der Waals surface area contributed by atoms with Crippen LogP contribution in [0.1, 0.15) is 23.2 Å². The zero-order valence-corrected chi connectivity index (χ0v) is 11.8. The molecular weight excluding hydrogens is 258 g/mol. The predicted molar refractivity (Wildman–Crippen MR) is 78.0 cm³/mol. The molecule has 0 unspecified atom stereocenters. The maximum absolute atomic E-state index is 12.2. The number of amides is 1. The van der Waals surface area contributed by atoms with Crippen molar-refractivity contribution in [3.63, 3.8) is 0 Å². The second-order valence-corrected chi connectivity index (χ2v) is 5.07. The molecule has 0 atom stereocenters. The van der Waals surface area contributed by atoms with E-state index in [4.69, 9.17) is 4.74 Å². The summed E-state index contributed by atoms with van der Waals surface area (Å²) < 4.78 is 5.08. The van der Waals surface area contributed by atoms with Crippen molar-refractivity contribution < 1.29 is 9.53 Å². The van der Waals surface area contributed by atoms with Crippen molar-refractivity contribution >= 4 is 11.6 Å². The second kappa shape index (κ2) is 6.58. The number of carbonyl (C=O) groups is 1. The number of hydrogen-bond acceptors (Lipinski definition) is 5. The van der Waals surface area contributed by atoms with Crippen molar-refractivity contribution in [3.8, 4) is 5.75 Å². The quantitative estimate of drug-likeness (QED) is 0.815. The zero-order valence-electron chi connectivity index (χ0n) is 11.8. The monoisotopic (exact) mass is 278 g/mol. The zero-order chi connectivity index (χ0) is 14.5. The lowest BCUT2D eigenvalue weighted by Crippen LogP contribution is -2.43. The lowest BCUT2D eigenvalue weighted by Gasteiger charge is -2.29. The van der Waals surface area contributed by atoms with Crippen LogP contribution < -0.4 is 15.5 Å². The van der Waals surface area contributed by atoms with Gasteiger partial charge >= 0.3 is 0 Å². The lowest BCUT2D eigenvalue weighted by atomic mass is 10.0. The maximum Gasteiger partial charge on any atom is 0.251 e. The summed E-state index contributed by atoms with van der Waals surface area (Å²) in [6.45, 7) is 1.99. The van der Waals surface area contributed by atoms with Crippen LogP contribution in [0.5, 0.6) is 5.75 Å². The Labute approximate surface area is 118 Å². The molecule has 0 bridgehead atoms. The van der Waals surface area contributed by atoms with E-state index in [9.17, 15) is 10.0 Å². The van der Waals surface area contributed by atoms with E-state index in [1.165, 1.54) is 7.11 Å². The molecule has 0 aromatic heterocycles. The van der Waals surface area contributed by atoms with Gasteiger partial charge < -0.3 is 25.6 Å². The first-order chi connectivity index (χ1) is 9.63. The minimum atomic E-state index is -0.129. The van der Waals surface area contributed by atoms with E-state index < -0.39 is 0 Å². The third-order valence-corrected chi connectivity index (χ3v) is 3.63. The molecule has 1 fully saturated rings. The Morgan fingerprint density at radius 2 is 2.10 bits per heavy atom. The molecule has 0 spiro atoms. The smallest absolute Gasteiger partial charge is 0.251 e. The fourth-order valence-electron chi connectivity index (χ4n) is 2.34. The van der Waals surface area contributed by atoms with E-state index in [0.29, 0.717) is 17.0 Å². The second-order valence-electron chi connectivity index (χ2n) is 5.07. The molecule has 1 aliphatic rings. The van der Waals surface area contributed by atoms with Crippen molar-refractivity contribution in [2.75, 3.05) is 32.7 Å². The Kier molecular flexibility index (Phi) is 4.81. The van der Waals surface area contributed by atoms with Gasteiger partial charge in [-0.2, -0.15) is 0 Å². The van der Waals surface area contributed by atoms with Crippen LogP contribution in [0.3, 0.4) is 0 Å². The highest BCUT2D eigenvalue weighted by Crippen LogP contribution is 2.25. The Balaban J connectivity index is 2.02. The molecule has 110 valence electrons. The van der Waals surface area contributed by atoms with Gasteiger partial charge in [-0.3, -0.25) is 4.79 Å². The number of nitrogens with zero attached hydrogens (tertiary/aromatic N) is 1. The van der Waals surface area contributed by atoms with Crippen LogP contribution in [0, 0.1) is 5.21 Å². The van der Waals surface area contributed by atoms with Gasteiger partial charge in [-0.25, -0.2) is 0 Å². The first-order valence-electron chi connectivity index (χ1n) is 6.69. The standard InChI is InChI=1S/C14H20N3O3/c1-17-7-5-11(6-8-17)15-14(18)10-3-4-12(16-19)13(9-10)20-2/h3-4,9,11,16H,5-8H2,1-2H3,(H,15,18)/q-1. The van der Waals surface area contributed by atoms with E-state index in [1.54, 1.807) is 23.7 Å². The van der Waals surface area contributed by atoms with E-state index in [2.05, 4.69) is 17.3 Å². The summed E-state index contributed by atoms with van der Waals surface area (Å²) in [7, 11) is 3.55. The first kappa shape index (κ1) is 14.6. The molecule has 20 heavy (non-hydrogen) atoms. The summed E-state index contributed by atoms with van der Waals surface area (Å²) in [5.41, 5.74) is 2.61. The Morgan fingerprint density at radius 3 is 2.70 bits per heavy atom. The van der Waals surface area contributed by atoms with Crippen LogP contribution in [-0.4, -0.2) is 44.1 Å². The van der Waals surface area contributed by atoms with Gasteiger partial charge in [0.1, 0.15) is 5.75 Å². The molecule has 6 nitrogen and oxygen atoms in total. The number of hydrogen-bond donors (Lipinski definition) is 2. The number of anilines is 1. The molecule has 2 rings (SSSR count). The van der Waals surface area contributed by atoms with Crippen LogP contribution in [0.25, 0.3) is 0 Å². The maximum atomic E-state index is 12.2. The Hall–Kier alpha value is -1.79. The summed E-state index contributed by atoms with van der Waals surface area (Å²) >= 11 is 0. The summed E-state index contributed by atoms with van der Waals surface area (Å²) in [6, 6.07) is 4.95. The van der Waals surface area contributed by atoms with Gasteiger partial charge in [-0.15, -0.1) is 0 Å². The number of rotatable bonds is 4. The number of piperidine rings is 1. The topological polar surface area (TPSA) is 76.7 Å². The van der Waals surface area contributed by atoms with Gasteiger partial charge in [0, 0.05) is 11.6 Å². The fourth-order valence-corrected chi connectivity index (χ4v) is 2.34. The van der Waals surface area contributed by atoms with Crippen LogP contribution in [0.4, 0.5) is 5.69 Å². The van der Waals surface area contributed by atoms with Gasteiger partial charge in [0.25, 0.3) is 5.91 Å². The van der Waals surface area contributed by atoms with Crippen molar-refractivity contribution in [2.45, 2.75) is 18.9 Å². The van der Waals surface area contributed by atoms with Crippen LogP contribution >= 0.6 is 0 Å². The van der Waals surface area contributed by atoms with Gasteiger partial charge in [-0.1, -0.05) is 0 Å². The van der Waals surface area contributed by atoms with Gasteiger partial charge in [0.05, 0.1) is 12.8 Å². The minimum absolute atomic E-state index is 0.129. The van der Waals surface area contributed by atoms with Gasteiger partial charge in [-0.05, 0) is 51.2 Å². The molecule has 0 radical (unpaired) electrons. The number of methoxy groups -OCH3 is 1. The third-order valence-electron chi connectivity index (χ3n) is 3.63. The van der Waals surface area contributed by atoms with E-state index in [1.807, 2.05) is 0 Å². The largest absolute Gasteiger partial charge is 0.761 e. The summed E-state index contributed by atoms with van der Waals surface area (Å²) in [6.07, 6.45) is 1.92. The lowest BCUT2D eigenvalue weighted by molar-refractivity contribution is 0.0916. The van der Waals surface area contributed by atoms with Crippen LogP contribution in [0.15, 0.2) is 18.2 Å². The number of benzene rings is 1. The molecule has 1 heterocycles. The molecule has 2 N–H and O–H groups in total. The van der Waals surface area contributed by atoms with Crippen LogP contribution in [0.2, 0.25) is 0 Å². The third kappa shape index (κ3) is 3.40. The number of ether oxygens (including phenoxy) is 1. The van der Waals surface area contributed by atoms with Crippen LogP contribution in [-0.2, 0) is 0 Å². The van der Waals surface area contributed by atoms with Crippen molar-refractivity contribution in [2.24, 2.45) is 0 Å². The number of nitrogens with one attached hydrogen (secondary N) is 2. The van der Waals surface area contributed by atoms with Crippen molar-refractivity contribution in [1.82, 2.24) is 10.2 Å². The Bertz CT molecular complexity index is 471. The van der Waals surface area contributed by atoms with E-state index >= 15 is 0 Å². The number of carbonyl (C=O) groups excluding carboxylic acids is 1. The van der Waals surface area contributed by atoms with E-state index in [0.717, 1.165) is 25.9 Å². The average molecular weight is 278 g/mol. The first-order valence-corrected chi connectivity index (χ1v) is 6.69. The summed E-state index contributed by atoms with van der Waals surface area (Å²) in [5, 5.41) is 13.7. The van der Waals surface area contributed by atoms with Gasteiger partial charge in [0.15, 0.2) is 0 Å². The highest BCUT2D eigenvalue weighted by molar-refractivity contribution is 5.95. The molecular formula is C14H20N3O3-. The molecule has 0 aliphatic carbocycles.